The third kappa shape index (κ3) is 2.77. The van der Waals surface area contributed by atoms with E-state index in [0.29, 0.717) is 5.82 Å². The molecule has 0 radical (unpaired) electrons. The quantitative estimate of drug-likeness (QED) is 0.612. The third-order valence-electron chi connectivity index (χ3n) is 4.34. The van der Waals surface area contributed by atoms with Crippen LogP contribution in [-0.2, 0) is 14.1 Å². The number of hydrogen-bond donors (Lipinski definition) is 1. The molecule has 0 saturated heterocycles. The average Bonchev–Trinajstić information content (AvgIpc) is 3.18. The van der Waals surface area contributed by atoms with E-state index in [4.69, 9.17) is 4.74 Å². The number of pyridine rings is 1. The fourth-order valence-electron chi connectivity index (χ4n) is 2.98. The van der Waals surface area contributed by atoms with E-state index in [1.807, 2.05) is 32.3 Å². The molecule has 0 fully saturated rings. The Morgan fingerprint density at radius 3 is 2.69 bits per heavy atom. The van der Waals surface area contributed by atoms with Gasteiger partial charge in [-0.05, 0) is 13.0 Å². The molecule has 0 spiro atoms. The maximum Gasteiger partial charge on any atom is 0.163 e. The minimum absolute atomic E-state index is 0.678. The number of hydrogen-bond acceptors (Lipinski definition) is 5. The normalized spacial score (nSPS) is 11.1. The third-order valence-corrected chi connectivity index (χ3v) is 4.34. The van der Waals surface area contributed by atoms with Crippen LogP contribution in [-0.4, -0.2) is 31.7 Å². The summed E-state index contributed by atoms with van der Waals surface area (Å²) in [6.45, 7) is 2.07. The van der Waals surface area contributed by atoms with Crippen LogP contribution in [0.15, 0.2) is 42.6 Å². The molecule has 0 aliphatic carbocycles. The first-order valence-corrected chi connectivity index (χ1v) is 8.30. The van der Waals surface area contributed by atoms with E-state index in [9.17, 15) is 0 Å². The number of fused-ring (bicyclic) bond motifs is 1. The minimum Gasteiger partial charge on any atom is -0.496 e. The first-order chi connectivity index (χ1) is 12.5. The summed E-state index contributed by atoms with van der Waals surface area (Å²) in [6, 6.07) is 12.2. The van der Waals surface area contributed by atoms with Crippen molar-refractivity contribution in [2.45, 2.75) is 6.92 Å². The van der Waals surface area contributed by atoms with Crippen molar-refractivity contribution in [3.05, 3.63) is 48.2 Å². The van der Waals surface area contributed by atoms with Crippen molar-refractivity contribution in [2.75, 3.05) is 12.4 Å². The van der Waals surface area contributed by atoms with Gasteiger partial charge in [0.25, 0.3) is 0 Å². The molecule has 3 heterocycles. The zero-order chi connectivity index (χ0) is 18.3. The van der Waals surface area contributed by atoms with E-state index < -0.39 is 0 Å². The zero-order valence-corrected chi connectivity index (χ0v) is 15.2. The van der Waals surface area contributed by atoms with Gasteiger partial charge in [-0.3, -0.25) is 9.36 Å². The maximum absolute atomic E-state index is 5.48. The molecule has 4 rings (SSSR count). The largest absolute Gasteiger partial charge is 0.496 e. The Morgan fingerprint density at radius 1 is 1.08 bits per heavy atom. The Kier molecular flexibility index (Phi) is 3.84. The number of nitrogens with zero attached hydrogens (tertiary/aromatic N) is 5. The van der Waals surface area contributed by atoms with Crippen LogP contribution in [0.1, 0.15) is 5.56 Å². The summed E-state index contributed by atoms with van der Waals surface area (Å²) in [5, 5.41) is 13.1. The molecule has 0 unspecified atom stereocenters. The molecule has 0 saturated carbocycles. The fourth-order valence-corrected chi connectivity index (χ4v) is 2.98. The van der Waals surface area contributed by atoms with Crippen LogP contribution in [0.2, 0.25) is 0 Å². The van der Waals surface area contributed by atoms with Crippen molar-refractivity contribution in [2.24, 2.45) is 14.1 Å². The number of rotatable bonds is 4. The van der Waals surface area contributed by atoms with Gasteiger partial charge in [0.1, 0.15) is 17.4 Å². The standard InChI is InChI=1S/C19H20N6O/c1-12-6-5-7-13(8-12)15-9-18(24(2)23-15)21-17-10-16(26-4)14-11-20-25(3)19(14)22-17/h5-11H,1-4H3,(H,21,22). The Balaban J connectivity index is 1.72. The highest BCUT2D eigenvalue weighted by molar-refractivity contribution is 5.84. The number of methoxy groups -OCH3 is 1. The van der Waals surface area contributed by atoms with Crippen LogP contribution < -0.4 is 10.1 Å². The Morgan fingerprint density at radius 2 is 1.92 bits per heavy atom. The molecule has 7 heteroatoms. The number of ether oxygens (including phenoxy) is 1. The van der Waals surface area contributed by atoms with Crippen LogP contribution in [0.3, 0.4) is 0 Å². The predicted octanol–water partition coefficient (Wildman–Crippen LogP) is 3.43. The van der Waals surface area contributed by atoms with Crippen molar-refractivity contribution < 1.29 is 4.74 Å². The molecule has 1 N–H and O–H groups in total. The number of aryl methyl sites for hydroxylation is 3. The zero-order valence-electron chi connectivity index (χ0n) is 15.2. The Hall–Kier alpha value is -3.35. The number of benzene rings is 1. The summed E-state index contributed by atoms with van der Waals surface area (Å²) in [5.41, 5.74) is 3.96. The molecule has 0 atom stereocenters. The van der Waals surface area contributed by atoms with E-state index in [0.717, 1.165) is 33.9 Å². The van der Waals surface area contributed by atoms with E-state index >= 15 is 0 Å². The van der Waals surface area contributed by atoms with Gasteiger partial charge in [-0.1, -0.05) is 23.8 Å². The molecule has 0 amide bonds. The van der Waals surface area contributed by atoms with Crippen LogP contribution in [0, 0.1) is 6.92 Å². The fraction of sp³-hybridized carbons (Fsp3) is 0.211. The maximum atomic E-state index is 5.48. The lowest BCUT2D eigenvalue weighted by Crippen LogP contribution is -2.02. The molecular weight excluding hydrogens is 328 g/mol. The number of anilines is 2. The molecule has 3 aromatic heterocycles. The van der Waals surface area contributed by atoms with Crippen molar-refractivity contribution in [1.29, 1.82) is 0 Å². The van der Waals surface area contributed by atoms with Gasteiger partial charge in [0.2, 0.25) is 0 Å². The molecule has 1 aromatic carbocycles. The average molecular weight is 348 g/mol. The second-order valence-corrected chi connectivity index (χ2v) is 6.25. The molecule has 0 aliphatic heterocycles. The molecule has 4 aromatic rings. The van der Waals surface area contributed by atoms with Gasteiger partial charge in [0.15, 0.2) is 5.65 Å². The van der Waals surface area contributed by atoms with Gasteiger partial charge in [-0.2, -0.15) is 10.2 Å². The smallest absolute Gasteiger partial charge is 0.163 e. The van der Waals surface area contributed by atoms with E-state index in [1.54, 1.807) is 22.7 Å². The van der Waals surface area contributed by atoms with Gasteiger partial charge in [-0.15, -0.1) is 0 Å². The Bertz CT molecular complexity index is 1090. The van der Waals surface area contributed by atoms with Crippen molar-refractivity contribution in [1.82, 2.24) is 24.5 Å². The van der Waals surface area contributed by atoms with Crippen molar-refractivity contribution >= 4 is 22.7 Å². The molecule has 0 bridgehead atoms. The first kappa shape index (κ1) is 16.1. The van der Waals surface area contributed by atoms with Gasteiger partial charge in [0.05, 0.1) is 24.4 Å². The van der Waals surface area contributed by atoms with Crippen LogP contribution in [0.4, 0.5) is 11.6 Å². The first-order valence-electron chi connectivity index (χ1n) is 8.30. The van der Waals surface area contributed by atoms with Gasteiger partial charge >= 0.3 is 0 Å². The molecule has 132 valence electrons. The molecular formula is C19H20N6O. The van der Waals surface area contributed by atoms with Crippen molar-refractivity contribution in [3.8, 4) is 17.0 Å². The summed E-state index contributed by atoms with van der Waals surface area (Å²) >= 11 is 0. The van der Waals surface area contributed by atoms with Crippen LogP contribution in [0.5, 0.6) is 5.75 Å². The van der Waals surface area contributed by atoms with Gasteiger partial charge in [-0.25, -0.2) is 4.98 Å². The number of aromatic nitrogens is 5. The van der Waals surface area contributed by atoms with Gasteiger partial charge in [0, 0.05) is 31.8 Å². The highest BCUT2D eigenvalue weighted by atomic mass is 16.5. The summed E-state index contributed by atoms with van der Waals surface area (Å²) in [7, 11) is 5.41. The van der Waals surface area contributed by atoms with E-state index in [1.165, 1.54) is 5.56 Å². The van der Waals surface area contributed by atoms with Crippen LogP contribution >= 0.6 is 0 Å². The topological polar surface area (TPSA) is 69.8 Å². The predicted molar refractivity (Wildman–Crippen MR) is 102 cm³/mol. The summed E-state index contributed by atoms with van der Waals surface area (Å²) in [5.74, 6) is 2.25. The molecule has 0 aliphatic rings. The highest BCUT2D eigenvalue weighted by Gasteiger charge is 2.13. The van der Waals surface area contributed by atoms with E-state index in [-0.39, 0.29) is 0 Å². The summed E-state index contributed by atoms with van der Waals surface area (Å²) in [6.07, 6.45) is 1.75. The number of nitrogens with one attached hydrogen (secondary N) is 1. The highest BCUT2D eigenvalue weighted by Crippen LogP contribution is 2.29. The second-order valence-electron chi connectivity index (χ2n) is 6.25. The van der Waals surface area contributed by atoms with Gasteiger partial charge < -0.3 is 10.1 Å². The molecule has 7 nitrogen and oxygen atoms in total. The van der Waals surface area contributed by atoms with E-state index in [2.05, 4.69) is 45.6 Å². The van der Waals surface area contributed by atoms with Crippen LogP contribution in [0.25, 0.3) is 22.3 Å². The lowest BCUT2D eigenvalue weighted by Gasteiger charge is -2.08. The second kappa shape index (κ2) is 6.18. The Labute approximate surface area is 151 Å². The summed E-state index contributed by atoms with van der Waals surface area (Å²) < 4.78 is 9.01. The minimum atomic E-state index is 0.678. The molecule has 26 heavy (non-hydrogen) atoms. The van der Waals surface area contributed by atoms with Crippen molar-refractivity contribution in [3.63, 3.8) is 0 Å². The monoisotopic (exact) mass is 348 g/mol. The SMILES string of the molecule is COc1cc(Nc2cc(-c3cccc(C)c3)nn2C)nc2c1cnn2C. The lowest BCUT2D eigenvalue weighted by molar-refractivity contribution is 0.419. The lowest BCUT2D eigenvalue weighted by atomic mass is 10.1. The summed E-state index contributed by atoms with van der Waals surface area (Å²) in [4.78, 5) is 4.64.